The summed E-state index contributed by atoms with van der Waals surface area (Å²) in [4.78, 5) is 12.1. The van der Waals surface area contributed by atoms with Crippen LogP contribution in [0.2, 0.25) is 0 Å². The van der Waals surface area contributed by atoms with E-state index in [1.807, 2.05) is 56.3 Å². The van der Waals surface area contributed by atoms with Crippen molar-refractivity contribution in [3.63, 3.8) is 0 Å². The second kappa shape index (κ2) is 9.37. The van der Waals surface area contributed by atoms with Gasteiger partial charge in [0.15, 0.2) is 0 Å². The van der Waals surface area contributed by atoms with Crippen molar-refractivity contribution in [2.24, 2.45) is 0 Å². The Labute approximate surface area is 163 Å². The molecule has 0 unspecified atom stereocenters. The number of hydrogen-bond donors (Lipinski definition) is 1. The molecule has 5 nitrogen and oxygen atoms in total. The minimum absolute atomic E-state index is 0.0318. The van der Waals surface area contributed by atoms with Crippen LogP contribution in [-0.2, 0) is 11.2 Å². The molecule has 27 heavy (non-hydrogen) atoms. The summed E-state index contributed by atoms with van der Waals surface area (Å²) in [7, 11) is 0. The zero-order chi connectivity index (χ0) is 19.1. The number of carbonyl (C=O) groups is 1. The van der Waals surface area contributed by atoms with Crippen LogP contribution in [0.5, 0.6) is 0 Å². The first-order valence-electron chi connectivity index (χ1n) is 8.97. The number of carbonyl (C=O) groups excluding carboxylic acids is 1. The van der Waals surface area contributed by atoms with E-state index in [0.717, 1.165) is 18.4 Å². The minimum atomic E-state index is -0.0318. The monoisotopic (exact) mass is 381 g/mol. The third-order valence-electron chi connectivity index (χ3n) is 4.15. The van der Waals surface area contributed by atoms with Gasteiger partial charge < -0.3 is 9.73 Å². The summed E-state index contributed by atoms with van der Waals surface area (Å²) >= 11 is 1.25. The topological polar surface area (TPSA) is 68.0 Å². The number of thioether (sulfide) groups is 1. The summed E-state index contributed by atoms with van der Waals surface area (Å²) in [6.45, 7) is 4.05. The molecule has 6 heteroatoms. The Morgan fingerprint density at radius 1 is 1.11 bits per heavy atom. The largest absolute Gasteiger partial charge is 0.411 e. The summed E-state index contributed by atoms with van der Waals surface area (Å²) < 4.78 is 5.63. The predicted molar refractivity (Wildman–Crippen MR) is 108 cm³/mol. The first kappa shape index (κ1) is 19.2. The molecule has 0 aliphatic heterocycles. The Morgan fingerprint density at radius 3 is 2.59 bits per heavy atom. The zero-order valence-electron chi connectivity index (χ0n) is 15.5. The fraction of sp³-hybridized carbons (Fsp3) is 0.286. The van der Waals surface area contributed by atoms with Gasteiger partial charge in [0.2, 0.25) is 11.8 Å². The molecule has 0 radical (unpaired) electrons. The van der Waals surface area contributed by atoms with Gasteiger partial charge in [0.25, 0.3) is 5.22 Å². The Kier molecular flexibility index (Phi) is 6.65. The summed E-state index contributed by atoms with van der Waals surface area (Å²) in [6, 6.07) is 18.3. The number of nitrogens with zero attached hydrogens (tertiary/aromatic N) is 2. The van der Waals surface area contributed by atoms with E-state index in [0.29, 0.717) is 11.1 Å². The highest BCUT2D eigenvalue weighted by molar-refractivity contribution is 7.99. The number of rotatable bonds is 8. The van der Waals surface area contributed by atoms with Crippen LogP contribution in [0.4, 0.5) is 0 Å². The molecule has 1 amide bonds. The highest BCUT2D eigenvalue weighted by atomic mass is 32.2. The summed E-state index contributed by atoms with van der Waals surface area (Å²) in [6.07, 6.45) is 1.84. The van der Waals surface area contributed by atoms with Crippen molar-refractivity contribution in [1.82, 2.24) is 15.5 Å². The normalized spacial score (nSPS) is 11.9. The molecule has 0 saturated heterocycles. The van der Waals surface area contributed by atoms with E-state index in [4.69, 9.17) is 4.42 Å². The third kappa shape index (κ3) is 5.96. The molecule has 3 rings (SSSR count). The Hall–Kier alpha value is -2.60. The van der Waals surface area contributed by atoms with Crippen LogP contribution in [0.1, 0.15) is 24.5 Å². The van der Waals surface area contributed by atoms with Crippen LogP contribution in [0, 0.1) is 6.92 Å². The first-order valence-corrected chi connectivity index (χ1v) is 9.95. The molecule has 0 aliphatic rings. The maximum atomic E-state index is 12.1. The summed E-state index contributed by atoms with van der Waals surface area (Å²) in [5.41, 5.74) is 3.33. The lowest BCUT2D eigenvalue weighted by atomic mass is 10.1. The molecule has 1 heterocycles. The Morgan fingerprint density at radius 2 is 1.85 bits per heavy atom. The Balaban J connectivity index is 1.43. The summed E-state index contributed by atoms with van der Waals surface area (Å²) in [5, 5.41) is 11.5. The van der Waals surface area contributed by atoms with Crippen LogP contribution in [-0.4, -0.2) is 27.9 Å². The lowest BCUT2D eigenvalue weighted by Crippen LogP contribution is -2.34. The van der Waals surface area contributed by atoms with Crippen molar-refractivity contribution in [1.29, 1.82) is 0 Å². The third-order valence-corrected chi connectivity index (χ3v) is 4.97. The number of aryl methyl sites for hydroxylation is 2. The number of hydrogen-bond acceptors (Lipinski definition) is 5. The van der Waals surface area contributed by atoms with Crippen molar-refractivity contribution in [2.75, 3.05) is 5.75 Å². The van der Waals surface area contributed by atoms with E-state index < -0.39 is 0 Å². The fourth-order valence-electron chi connectivity index (χ4n) is 2.62. The SMILES string of the molecule is Cc1ccc(-c2nnc(SCC(=O)N[C@@H](C)CCc3ccccc3)o2)cc1. The van der Waals surface area contributed by atoms with Crippen LogP contribution >= 0.6 is 11.8 Å². The maximum Gasteiger partial charge on any atom is 0.277 e. The van der Waals surface area contributed by atoms with Crippen molar-refractivity contribution in [2.45, 2.75) is 38.0 Å². The number of amides is 1. The first-order chi connectivity index (χ1) is 13.1. The van der Waals surface area contributed by atoms with Crippen LogP contribution in [0.3, 0.4) is 0 Å². The van der Waals surface area contributed by atoms with Crippen LogP contribution in [0.25, 0.3) is 11.5 Å². The van der Waals surface area contributed by atoms with Gasteiger partial charge in [-0.3, -0.25) is 4.79 Å². The molecule has 1 atom stereocenters. The molecule has 0 aliphatic carbocycles. The van der Waals surface area contributed by atoms with Gasteiger partial charge in [-0.2, -0.15) is 0 Å². The van der Waals surface area contributed by atoms with Crippen molar-refractivity contribution < 1.29 is 9.21 Å². The molecule has 0 fully saturated rings. The second-order valence-corrected chi connectivity index (χ2v) is 7.45. The van der Waals surface area contributed by atoms with Gasteiger partial charge in [0, 0.05) is 11.6 Å². The molecule has 1 N–H and O–H groups in total. The lowest BCUT2D eigenvalue weighted by Gasteiger charge is -2.13. The zero-order valence-corrected chi connectivity index (χ0v) is 16.3. The van der Waals surface area contributed by atoms with Crippen molar-refractivity contribution in [3.05, 3.63) is 65.7 Å². The van der Waals surface area contributed by atoms with Crippen LogP contribution in [0.15, 0.2) is 64.2 Å². The van der Waals surface area contributed by atoms with Crippen LogP contribution < -0.4 is 5.32 Å². The van der Waals surface area contributed by atoms with Gasteiger partial charge in [-0.05, 0) is 44.4 Å². The molecule has 3 aromatic rings. The molecule has 2 aromatic carbocycles. The number of aromatic nitrogens is 2. The highest BCUT2D eigenvalue weighted by Crippen LogP contribution is 2.23. The van der Waals surface area contributed by atoms with E-state index >= 15 is 0 Å². The van der Waals surface area contributed by atoms with E-state index in [1.165, 1.54) is 22.9 Å². The van der Waals surface area contributed by atoms with Gasteiger partial charge in [-0.25, -0.2) is 0 Å². The molecule has 0 spiro atoms. The average molecular weight is 382 g/mol. The predicted octanol–water partition coefficient (Wildman–Crippen LogP) is 4.27. The van der Waals surface area contributed by atoms with E-state index in [-0.39, 0.29) is 17.7 Å². The van der Waals surface area contributed by atoms with Gasteiger partial charge in [0.1, 0.15) is 0 Å². The summed E-state index contributed by atoms with van der Waals surface area (Å²) in [5.74, 6) is 0.690. The molecule has 140 valence electrons. The average Bonchev–Trinajstić information content (AvgIpc) is 3.15. The molecular formula is C21H23N3O2S. The van der Waals surface area contributed by atoms with E-state index in [9.17, 15) is 4.79 Å². The number of benzene rings is 2. The lowest BCUT2D eigenvalue weighted by molar-refractivity contribution is -0.119. The minimum Gasteiger partial charge on any atom is -0.411 e. The highest BCUT2D eigenvalue weighted by Gasteiger charge is 2.12. The van der Waals surface area contributed by atoms with Gasteiger partial charge in [-0.1, -0.05) is 59.8 Å². The maximum absolute atomic E-state index is 12.1. The Bertz CT molecular complexity index is 863. The van der Waals surface area contributed by atoms with Crippen molar-refractivity contribution in [3.8, 4) is 11.5 Å². The smallest absolute Gasteiger partial charge is 0.277 e. The van der Waals surface area contributed by atoms with Gasteiger partial charge in [-0.15, -0.1) is 10.2 Å². The quantitative estimate of drug-likeness (QED) is 0.590. The fourth-order valence-corrected chi connectivity index (χ4v) is 3.20. The standard InChI is InChI=1S/C21H23N3O2S/c1-15-8-12-18(13-9-15)20-23-24-21(26-20)27-14-19(25)22-16(2)10-11-17-6-4-3-5-7-17/h3-9,12-13,16H,10-11,14H2,1-2H3,(H,22,25)/t16-/m0/s1. The molecule has 0 bridgehead atoms. The van der Waals surface area contributed by atoms with Crippen molar-refractivity contribution >= 4 is 17.7 Å². The van der Waals surface area contributed by atoms with Gasteiger partial charge >= 0.3 is 0 Å². The van der Waals surface area contributed by atoms with Gasteiger partial charge in [0.05, 0.1) is 5.75 Å². The molecule has 0 saturated carbocycles. The molecule has 1 aromatic heterocycles. The molecular weight excluding hydrogens is 358 g/mol. The number of nitrogens with one attached hydrogen (secondary N) is 1. The van der Waals surface area contributed by atoms with E-state index in [2.05, 4.69) is 27.6 Å². The van der Waals surface area contributed by atoms with E-state index in [1.54, 1.807) is 0 Å². The second-order valence-electron chi connectivity index (χ2n) is 6.52.